The molecule has 0 aliphatic carbocycles. The highest BCUT2D eigenvalue weighted by Crippen LogP contribution is 2.14. The molecule has 0 unspecified atom stereocenters. The highest BCUT2D eigenvalue weighted by Gasteiger charge is 2.12. The number of nitrogens with zero attached hydrogens (tertiary/aromatic N) is 1. The van der Waals surface area contributed by atoms with Crippen LogP contribution in [-0.2, 0) is 17.8 Å². The van der Waals surface area contributed by atoms with Gasteiger partial charge in [0, 0.05) is 24.2 Å². The highest BCUT2D eigenvalue weighted by atomic mass is 16.4. The van der Waals surface area contributed by atoms with Crippen molar-refractivity contribution in [2.24, 2.45) is 0 Å². The SMILES string of the molecule is CCCCCn1c(C(C)C)ccc(CCC(=O)O)c1=O. The van der Waals surface area contributed by atoms with E-state index < -0.39 is 5.97 Å². The molecule has 0 bridgehead atoms. The van der Waals surface area contributed by atoms with Crippen LogP contribution in [-0.4, -0.2) is 15.6 Å². The molecule has 0 fully saturated rings. The fourth-order valence-electron chi connectivity index (χ4n) is 2.32. The Balaban J connectivity index is 3.03. The Kier molecular flexibility index (Phi) is 6.49. The topological polar surface area (TPSA) is 59.3 Å². The maximum absolute atomic E-state index is 12.5. The van der Waals surface area contributed by atoms with Crippen LogP contribution in [0.3, 0.4) is 0 Å². The molecule has 0 amide bonds. The van der Waals surface area contributed by atoms with Gasteiger partial charge in [0.2, 0.25) is 0 Å². The Labute approximate surface area is 120 Å². The van der Waals surface area contributed by atoms with Gasteiger partial charge in [-0.15, -0.1) is 0 Å². The van der Waals surface area contributed by atoms with Gasteiger partial charge < -0.3 is 9.67 Å². The summed E-state index contributed by atoms with van der Waals surface area (Å²) in [6.07, 6.45) is 3.51. The van der Waals surface area contributed by atoms with Gasteiger partial charge in [-0.2, -0.15) is 0 Å². The number of aliphatic carboxylic acids is 1. The highest BCUT2D eigenvalue weighted by molar-refractivity contribution is 5.67. The van der Waals surface area contributed by atoms with Gasteiger partial charge in [0.05, 0.1) is 0 Å². The molecule has 0 atom stereocenters. The molecule has 1 rings (SSSR count). The third-order valence-electron chi connectivity index (χ3n) is 3.47. The van der Waals surface area contributed by atoms with Crippen molar-refractivity contribution in [3.63, 3.8) is 0 Å². The number of aryl methyl sites for hydroxylation is 1. The Bertz CT molecular complexity index is 503. The number of hydrogen-bond donors (Lipinski definition) is 1. The van der Waals surface area contributed by atoms with Crippen LogP contribution in [0.2, 0.25) is 0 Å². The second-order valence-electron chi connectivity index (χ2n) is 5.50. The van der Waals surface area contributed by atoms with Gasteiger partial charge in [0.1, 0.15) is 0 Å². The molecule has 1 heterocycles. The van der Waals surface area contributed by atoms with Crippen molar-refractivity contribution in [2.75, 3.05) is 0 Å². The summed E-state index contributed by atoms with van der Waals surface area (Å²) in [6.45, 7) is 7.00. The normalized spacial score (nSPS) is 11.0. The van der Waals surface area contributed by atoms with Crippen molar-refractivity contribution in [1.29, 1.82) is 0 Å². The third kappa shape index (κ3) is 4.51. The summed E-state index contributed by atoms with van der Waals surface area (Å²) in [5.41, 5.74) is 1.62. The molecule has 0 radical (unpaired) electrons. The fraction of sp³-hybridized carbons (Fsp3) is 0.625. The number of carboxylic acids is 1. The van der Waals surface area contributed by atoms with E-state index in [1.54, 1.807) is 6.07 Å². The molecule has 0 aliphatic heterocycles. The summed E-state index contributed by atoms with van der Waals surface area (Å²) in [7, 11) is 0. The molecule has 0 saturated heterocycles. The van der Waals surface area contributed by atoms with Crippen molar-refractivity contribution in [3.8, 4) is 0 Å². The van der Waals surface area contributed by atoms with Crippen LogP contribution in [0, 0.1) is 0 Å². The van der Waals surface area contributed by atoms with E-state index in [0.29, 0.717) is 12.0 Å². The number of hydrogen-bond acceptors (Lipinski definition) is 2. The molecule has 4 nitrogen and oxygen atoms in total. The van der Waals surface area contributed by atoms with E-state index in [1.807, 2.05) is 10.6 Å². The summed E-state index contributed by atoms with van der Waals surface area (Å²) in [5, 5.41) is 8.74. The minimum absolute atomic E-state index is 0.00518. The zero-order chi connectivity index (χ0) is 15.1. The fourth-order valence-corrected chi connectivity index (χ4v) is 2.32. The summed E-state index contributed by atoms with van der Waals surface area (Å²) in [5.74, 6) is -0.576. The third-order valence-corrected chi connectivity index (χ3v) is 3.47. The van der Waals surface area contributed by atoms with Gasteiger partial charge in [-0.25, -0.2) is 0 Å². The lowest BCUT2D eigenvalue weighted by atomic mass is 10.1. The lowest BCUT2D eigenvalue weighted by molar-refractivity contribution is -0.136. The number of aromatic nitrogens is 1. The lowest BCUT2D eigenvalue weighted by Crippen LogP contribution is -2.27. The molecule has 0 saturated carbocycles. The number of carboxylic acid groups (broad SMARTS) is 1. The summed E-state index contributed by atoms with van der Waals surface area (Å²) in [4.78, 5) is 23.1. The minimum atomic E-state index is -0.866. The molecular weight excluding hydrogens is 254 g/mol. The first-order chi connectivity index (χ1) is 9.47. The van der Waals surface area contributed by atoms with Crippen LogP contribution in [0.25, 0.3) is 0 Å². The molecule has 1 aromatic heterocycles. The van der Waals surface area contributed by atoms with Gasteiger partial charge in [0.25, 0.3) is 5.56 Å². The van der Waals surface area contributed by atoms with E-state index in [9.17, 15) is 9.59 Å². The molecule has 1 N–H and O–H groups in total. The number of carbonyl (C=O) groups is 1. The molecule has 0 aliphatic rings. The maximum atomic E-state index is 12.5. The van der Waals surface area contributed by atoms with Crippen molar-refractivity contribution in [2.45, 2.75) is 65.3 Å². The predicted molar refractivity (Wildman–Crippen MR) is 80.3 cm³/mol. The molecule has 1 aromatic rings. The maximum Gasteiger partial charge on any atom is 0.303 e. The molecule has 0 spiro atoms. The largest absolute Gasteiger partial charge is 0.481 e. The molecule has 0 aromatic carbocycles. The van der Waals surface area contributed by atoms with E-state index in [4.69, 9.17) is 5.11 Å². The van der Waals surface area contributed by atoms with E-state index >= 15 is 0 Å². The van der Waals surface area contributed by atoms with Crippen LogP contribution in [0.5, 0.6) is 0 Å². The standard InChI is InChI=1S/C16H25NO3/c1-4-5-6-11-17-14(12(2)3)9-7-13(16(17)20)8-10-15(18)19/h7,9,12H,4-6,8,10-11H2,1-3H3,(H,18,19). The second-order valence-corrected chi connectivity index (χ2v) is 5.50. The second kappa shape index (κ2) is 7.88. The van der Waals surface area contributed by atoms with Crippen molar-refractivity contribution >= 4 is 5.97 Å². The smallest absolute Gasteiger partial charge is 0.303 e. The number of unbranched alkanes of at least 4 members (excludes halogenated alkanes) is 2. The van der Waals surface area contributed by atoms with Crippen molar-refractivity contribution in [3.05, 3.63) is 33.7 Å². The average Bonchev–Trinajstić information content (AvgIpc) is 2.38. The van der Waals surface area contributed by atoms with Gasteiger partial charge >= 0.3 is 5.97 Å². The van der Waals surface area contributed by atoms with Crippen LogP contribution < -0.4 is 5.56 Å². The Morgan fingerprint density at radius 3 is 2.55 bits per heavy atom. The Hall–Kier alpha value is -1.58. The van der Waals surface area contributed by atoms with Crippen LogP contribution >= 0.6 is 0 Å². The Morgan fingerprint density at radius 2 is 2.00 bits per heavy atom. The molecule has 20 heavy (non-hydrogen) atoms. The van der Waals surface area contributed by atoms with Gasteiger partial charge in [-0.05, 0) is 24.8 Å². The molecular formula is C16H25NO3. The number of pyridine rings is 1. The first-order valence-corrected chi connectivity index (χ1v) is 7.41. The minimum Gasteiger partial charge on any atom is -0.481 e. The Morgan fingerprint density at radius 1 is 1.30 bits per heavy atom. The van der Waals surface area contributed by atoms with Crippen LogP contribution in [0.1, 0.15) is 63.6 Å². The molecule has 4 heteroatoms. The zero-order valence-electron chi connectivity index (χ0n) is 12.7. The van der Waals surface area contributed by atoms with E-state index in [2.05, 4.69) is 20.8 Å². The lowest BCUT2D eigenvalue weighted by Gasteiger charge is -2.17. The van der Waals surface area contributed by atoms with Crippen LogP contribution in [0.15, 0.2) is 16.9 Å². The predicted octanol–water partition coefficient (Wildman–Crippen LogP) is 3.18. The van der Waals surface area contributed by atoms with Gasteiger partial charge in [-0.1, -0.05) is 39.7 Å². The van der Waals surface area contributed by atoms with Crippen LogP contribution in [0.4, 0.5) is 0 Å². The summed E-state index contributed by atoms with van der Waals surface area (Å²) >= 11 is 0. The zero-order valence-corrected chi connectivity index (χ0v) is 12.7. The first-order valence-electron chi connectivity index (χ1n) is 7.41. The van der Waals surface area contributed by atoms with Crippen molar-refractivity contribution in [1.82, 2.24) is 4.57 Å². The first kappa shape index (κ1) is 16.5. The molecule has 112 valence electrons. The van der Waals surface area contributed by atoms with Crippen molar-refractivity contribution < 1.29 is 9.90 Å². The summed E-state index contributed by atoms with van der Waals surface area (Å²) < 4.78 is 1.83. The number of rotatable bonds is 8. The average molecular weight is 279 g/mol. The van der Waals surface area contributed by atoms with E-state index in [0.717, 1.165) is 31.5 Å². The van der Waals surface area contributed by atoms with E-state index in [1.165, 1.54) is 0 Å². The monoisotopic (exact) mass is 279 g/mol. The quantitative estimate of drug-likeness (QED) is 0.743. The summed E-state index contributed by atoms with van der Waals surface area (Å²) in [6, 6.07) is 3.76. The van der Waals surface area contributed by atoms with Gasteiger partial charge in [-0.3, -0.25) is 9.59 Å². The van der Waals surface area contributed by atoms with E-state index in [-0.39, 0.29) is 17.9 Å². The van der Waals surface area contributed by atoms with Gasteiger partial charge in [0.15, 0.2) is 0 Å².